The fourth-order valence-electron chi connectivity index (χ4n) is 3.56. The van der Waals surface area contributed by atoms with Crippen molar-refractivity contribution in [3.63, 3.8) is 0 Å². The summed E-state index contributed by atoms with van der Waals surface area (Å²) >= 11 is 0. The van der Waals surface area contributed by atoms with Crippen LogP contribution in [0.25, 0.3) is 5.65 Å². The first-order valence-corrected chi connectivity index (χ1v) is 9.80. The summed E-state index contributed by atoms with van der Waals surface area (Å²) in [5.74, 6) is -1.61. The molecule has 1 atom stereocenters. The van der Waals surface area contributed by atoms with Crippen LogP contribution in [0.1, 0.15) is 39.9 Å². The normalized spacial score (nSPS) is 12.3. The van der Waals surface area contributed by atoms with E-state index in [0.29, 0.717) is 22.9 Å². The Bertz CT molecular complexity index is 1270. The lowest BCUT2D eigenvalue weighted by Crippen LogP contribution is -2.17. The molecule has 11 heteroatoms. The van der Waals surface area contributed by atoms with Gasteiger partial charge in [0.05, 0.1) is 23.8 Å². The summed E-state index contributed by atoms with van der Waals surface area (Å²) in [6.45, 7) is 1.04. The molecule has 0 saturated carbocycles. The standard InChI is InChI=1S/C21H20F2N6O3/c1-12-19(17(31)9-13(10-30)20-25-26-27-28(20)2)29-8-4-7-18(21(29)24-12)32-11-14-15(22)5-3-6-16(14)23/h3-8,13,30H,9-11H2,1-2H3/t13-/m0/s1. The summed E-state index contributed by atoms with van der Waals surface area (Å²) in [5.41, 5.74) is 0.912. The zero-order valence-corrected chi connectivity index (χ0v) is 17.4. The number of aromatic nitrogens is 6. The van der Waals surface area contributed by atoms with Crippen LogP contribution in [0, 0.1) is 18.6 Å². The lowest BCUT2D eigenvalue weighted by molar-refractivity contribution is 0.0950. The Hall–Kier alpha value is -3.73. The van der Waals surface area contributed by atoms with Crippen LogP contribution in [0.4, 0.5) is 8.78 Å². The van der Waals surface area contributed by atoms with Crippen molar-refractivity contribution in [2.45, 2.75) is 25.9 Å². The molecule has 1 aromatic carbocycles. The van der Waals surface area contributed by atoms with E-state index in [1.54, 1.807) is 36.7 Å². The van der Waals surface area contributed by atoms with Crippen molar-refractivity contribution in [3.05, 3.63) is 70.9 Å². The van der Waals surface area contributed by atoms with Gasteiger partial charge in [-0.3, -0.25) is 9.20 Å². The molecule has 0 amide bonds. The van der Waals surface area contributed by atoms with Gasteiger partial charge in [-0.2, -0.15) is 0 Å². The summed E-state index contributed by atoms with van der Waals surface area (Å²) in [6.07, 6.45) is 1.61. The minimum atomic E-state index is -0.708. The Morgan fingerprint density at radius 1 is 1.22 bits per heavy atom. The lowest BCUT2D eigenvalue weighted by atomic mass is 10.00. The number of tetrazole rings is 1. The molecule has 1 N–H and O–H groups in total. The molecule has 0 aliphatic carbocycles. The Morgan fingerprint density at radius 2 is 1.97 bits per heavy atom. The van der Waals surface area contributed by atoms with Crippen molar-refractivity contribution in [2.24, 2.45) is 7.05 Å². The van der Waals surface area contributed by atoms with Gasteiger partial charge in [0.1, 0.15) is 23.9 Å². The molecule has 0 bridgehead atoms. The first-order chi connectivity index (χ1) is 15.4. The van der Waals surface area contributed by atoms with Crippen LogP contribution in [0.5, 0.6) is 5.75 Å². The molecule has 0 aliphatic rings. The van der Waals surface area contributed by atoms with E-state index in [-0.39, 0.29) is 36.7 Å². The fraction of sp³-hybridized carbons (Fsp3) is 0.286. The van der Waals surface area contributed by atoms with Crippen molar-refractivity contribution < 1.29 is 23.4 Å². The van der Waals surface area contributed by atoms with E-state index >= 15 is 0 Å². The number of pyridine rings is 1. The number of ketones is 1. The van der Waals surface area contributed by atoms with Crippen molar-refractivity contribution in [1.29, 1.82) is 0 Å². The summed E-state index contributed by atoms with van der Waals surface area (Å²) < 4.78 is 36.5. The molecule has 0 spiro atoms. The zero-order valence-electron chi connectivity index (χ0n) is 17.4. The molecular weight excluding hydrogens is 422 g/mol. The van der Waals surface area contributed by atoms with Gasteiger partial charge in [-0.1, -0.05) is 6.07 Å². The van der Waals surface area contributed by atoms with Crippen LogP contribution in [0.2, 0.25) is 0 Å². The number of hydrogen-bond acceptors (Lipinski definition) is 7. The maximum Gasteiger partial charge on any atom is 0.182 e. The van der Waals surface area contributed by atoms with Crippen molar-refractivity contribution in [3.8, 4) is 5.75 Å². The number of carbonyl (C=O) groups is 1. The van der Waals surface area contributed by atoms with Gasteiger partial charge >= 0.3 is 0 Å². The molecular formula is C21H20F2N6O3. The van der Waals surface area contributed by atoms with E-state index < -0.39 is 17.6 Å². The summed E-state index contributed by atoms with van der Waals surface area (Å²) in [4.78, 5) is 17.5. The fourth-order valence-corrected chi connectivity index (χ4v) is 3.56. The van der Waals surface area contributed by atoms with Gasteiger partial charge < -0.3 is 9.84 Å². The number of halogens is 2. The predicted molar refractivity (Wildman–Crippen MR) is 108 cm³/mol. The Morgan fingerprint density at radius 3 is 2.62 bits per heavy atom. The number of aliphatic hydroxyl groups is 1. The minimum Gasteiger partial charge on any atom is -0.485 e. The third kappa shape index (κ3) is 3.94. The van der Waals surface area contributed by atoms with E-state index in [0.717, 1.165) is 12.1 Å². The van der Waals surface area contributed by atoms with Crippen LogP contribution >= 0.6 is 0 Å². The SMILES string of the molecule is Cc1nc2c(OCc3c(F)cccc3F)cccn2c1C(=O)C[C@@H](CO)c1nnnn1C. The number of rotatable bonds is 8. The van der Waals surface area contributed by atoms with E-state index in [4.69, 9.17) is 4.74 Å². The second kappa shape index (κ2) is 8.79. The number of carbonyl (C=O) groups excluding carboxylic acids is 1. The van der Waals surface area contributed by atoms with Gasteiger partial charge in [-0.25, -0.2) is 18.4 Å². The van der Waals surface area contributed by atoms with Crippen molar-refractivity contribution in [2.75, 3.05) is 6.61 Å². The minimum absolute atomic E-state index is 0.0368. The number of aryl methyl sites for hydroxylation is 2. The number of benzene rings is 1. The molecule has 3 heterocycles. The van der Waals surface area contributed by atoms with Crippen LogP contribution in [-0.2, 0) is 13.7 Å². The Balaban J connectivity index is 1.62. The van der Waals surface area contributed by atoms with Crippen LogP contribution in [-0.4, -0.2) is 47.1 Å². The number of hydrogen-bond donors (Lipinski definition) is 1. The van der Waals surface area contributed by atoms with Gasteiger partial charge in [-0.05, 0) is 41.6 Å². The number of ether oxygens (including phenoxy) is 1. The highest BCUT2D eigenvalue weighted by Gasteiger charge is 2.25. The molecule has 0 fully saturated rings. The number of Topliss-reactive ketones (excluding diaryl/α,β-unsaturated/α-hetero) is 1. The number of imidazole rings is 1. The average Bonchev–Trinajstić information content (AvgIpc) is 3.34. The van der Waals surface area contributed by atoms with Gasteiger partial charge in [0.2, 0.25) is 0 Å². The average molecular weight is 442 g/mol. The molecule has 0 saturated heterocycles. The van der Waals surface area contributed by atoms with E-state index in [1.165, 1.54) is 10.7 Å². The maximum absolute atomic E-state index is 13.9. The predicted octanol–water partition coefficient (Wildman–Crippen LogP) is 2.37. The van der Waals surface area contributed by atoms with Crippen LogP contribution in [0.15, 0.2) is 36.5 Å². The highest BCUT2D eigenvalue weighted by atomic mass is 19.1. The van der Waals surface area contributed by atoms with E-state index in [2.05, 4.69) is 20.5 Å². The molecule has 4 aromatic rings. The molecule has 0 radical (unpaired) electrons. The monoisotopic (exact) mass is 442 g/mol. The largest absolute Gasteiger partial charge is 0.485 e. The smallest absolute Gasteiger partial charge is 0.182 e. The quantitative estimate of drug-likeness (QED) is 0.418. The summed E-state index contributed by atoms with van der Waals surface area (Å²) in [7, 11) is 1.63. The van der Waals surface area contributed by atoms with Crippen LogP contribution < -0.4 is 4.74 Å². The summed E-state index contributed by atoms with van der Waals surface area (Å²) in [6, 6.07) is 6.85. The van der Waals surface area contributed by atoms with Gasteiger partial charge in [0.15, 0.2) is 23.0 Å². The number of aliphatic hydroxyl groups excluding tert-OH is 1. The van der Waals surface area contributed by atoms with E-state index in [9.17, 15) is 18.7 Å². The highest BCUT2D eigenvalue weighted by Crippen LogP contribution is 2.26. The van der Waals surface area contributed by atoms with E-state index in [1.807, 2.05) is 0 Å². The second-order valence-electron chi connectivity index (χ2n) is 7.27. The third-order valence-corrected chi connectivity index (χ3v) is 5.16. The number of fused-ring (bicyclic) bond motifs is 1. The maximum atomic E-state index is 13.9. The summed E-state index contributed by atoms with van der Waals surface area (Å²) in [5, 5.41) is 20.9. The molecule has 3 aromatic heterocycles. The van der Waals surface area contributed by atoms with Crippen molar-refractivity contribution >= 4 is 11.4 Å². The number of nitrogens with zero attached hydrogens (tertiary/aromatic N) is 6. The topological polar surface area (TPSA) is 107 Å². The Kier molecular flexibility index (Phi) is 5.91. The second-order valence-corrected chi connectivity index (χ2v) is 7.27. The molecule has 0 unspecified atom stereocenters. The molecule has 0 aliphatic heterocycles. The third-order valence-electron chi connectivity index (χ3n) is 5.16. The van der Waals surface area contributed by atoms with Gasteiger partial charge in [0.25, 0.3) is 0 Å². The Labute approximate surface area is 181 Å². The zero-order chi connectivity index (χ0) is 22.8. The molecule has 166 valence electrons. The van der Waals surface area contributed by atoms with Crippen LogP contribution in [0.3, 0.4) is 0 Å². The molecule has 32 heavy (non-hydrogen) atoms. The van der Waals surface area contributed by atoms with Gasteiger partial charge in [-0.15, -0.1) is 5.10 Å². The lowest BCUT2D eigenvalue weighted by Gasteiger charge is -2.12. The first-order valence-electron chi connectivity index (χ1n) is 9.80. The first kappa shape index (κ1) is 21.5. The van der Waals surface area contributed by atoms with Crippen molar-refractivity contribution in [1.82, 2.24) is 29.6 Å². The molecule has 9 nitrogen and oxygen atoms in total. The van der Waals surface area contributed by atoms with Gasteiger partial charge in [0, 0.05) is 19.7 Å². The highest BCUT2D eigenvalue weighted by molar-refractivity contribution is 5.97. The molecule has 4 rings (SSSR count).